The molecule has 55 nitrogen and oxygen atoms in total. The molecule has 590 valence electrons. The number of rotatable bonds is 5. The van der Waals surface area contributed by atoms with Crippen LogP contribution in [0.25, 0.3) is 55.8 Å². The molecule has 0 amide bonds. The number of imidazole rings is 5. The first kappa shape index (κ1) is 75.9. The van der Waals surface area contributed by atoms with E-state index in [1.54, 1.807) is 0 Å². The van der Waals surface area contributed by atoms with E-state index in [9.17, 15) is 72.8 Å². The molecule has 10 aromatic rings. The van der Waals surface area contributed by atoms with Crippen molar-refractivity contribution >= 4 is 124 Å². The zero-order valence-electron chi connectivity index (χ0n) is 55.1. The van der Waals surface area contributed by atoms with Crippen molar-refractivity contribution in [3.63, 3.8) is 0 Å². The summed E-state index contributed by atoms with van der Waals surface area (Å²) >= 11 is 0. The molecule has 0 spiro atoms. The summed E-state index contributed by atoms with van der Waals surface area (Å²) in [6.45, 7) is -6.45. The molecular formula is C50H60N25O30P5. The van der Waals surface area contributed by atoms with Crippen molar-refractivity contribution in [3.05, 3.63) is 63.3 Å². The smallest absolute Gasteiger partial charge is 0.386 e. The lowest BCUT2D eigenvalue weighted by molar-refractivity contribution is -0.0662. The van der Waals surface area contributed by atoms with Gasteiger partial charge in [0, 0.05) is 0 Å². The summed E-state index contributed by atoms with van der Waals surface area (Å²) in [6, 6.07) is 0. The van der Waals surface area contributed by atoms with Crippen LogP contribution >= 0.6 is 39.1 Å². The minimum atomic E-state index is -5.84. The van der Waals surface area contributed by atoms with Crippen molar-refractivity contribution in [3.8, 4) is 0 Å². The average molecular weight is 1650 g/mol. The van der Waals surface area contributed by atoms with Crippen LogP contribution in [0, 0.1) is 0 Å². The topological polar surface area (TPSA) is 774 Å². The number of fused-ring (bicyclic) bond motifs is 10. The highest BCUT2D eigenvalue weighted by Crippen LogP contribution is 2.57. The van der Waals surface area contributed by atoms with E-state index in [0.717, 1.165) is 86.1 Å². The Morgan fingerprint density at radius 2 is 0.445 bits per heavy atom. The van der Waals surface area contributed by atoms with E-state index >= 15 is 0 Å². The van der Waals surface area contributed by atoms with E-state index in [1.807, 2.05) is 0 Å². The Bertz CT molecular complexity index is 4670. The molecule has 60 heteroatoms. The van der Waals surface area contributed by atoms with Crippen molar-refractivity contribution in [1.29, 1.82) is 0 Å². The van der Waals surface area contributed by atoms with E-state index in [1.165, 1.54) is 0 Å². The first-order valence-electron chi connectivity index (χ1n) is 31.9. The van der Waals surface area contributed by atoms with Crippen LogP contribution in [0.3, 0.4) is 0 Å². The molecule has 6 fully saturated rings. The molecule has 5 unspecified atom stereocenters. The van der Waals surface area contributed by atoms with E-state index < -0.39 is 195 Å². The summed E-state index contributed by atoms with van der Waals surface area (Å²) in [7, 11) is -29.2. The highest BCUT2D eigenvalue weighted by Gasteiger charge is 2.58. The normalized spacial score (nSPS) is 38.3. The van der Waals surface area contributed by atoms with Gasteiger partial charge in [0.15, 0.2) is 88.5 Å². The van der Waals surface area contributed by atoms with Gasteiger partial charge in [0.05, 0.1) is 64.7 Å². The van der Waals surface area contributed by atoms with Gasteiger partial charge in [-0.3, -0.25) is 68.1 Å². The highest BCUT2D eigenvalue weighted by molar-refractivity contribution is 7.48. The minimum Gasteiger partial charge on any atom is -0.386 e. The van der Waals surface area contributed by atoms with Crippen molar-refractivity contribution in [2.24, 2.45) is 0 Å². The third-order valence-corrected chi connectivity index (χ3v) is 23.1. The van der Waals surface area contributed by atoms with Gasteiger partial charge in [-0.2, -0.15) is 0 Å². The molecule has 6 aliphatic rings. The largest absolute Gasteiger partial charge is 0.472 e. The Labute approximate surface area is 609 Å². The summed E-state index contributed by atoms with van der Waals surface area (Å²) in [4.78, 5) is 119. The van der Waals surface area contributed by atoms with Gasteiger partial charge >= 0.3 is 39.1 Å². The van der Waals surface area contributed by atoms with Crippen LogP contribution in [0.1, 0.15) is 31.1 Å². The molecule has 10 aromatic heterocycles. The van der Waals surface area contributed by atoms with Gasteiger partial charge < -0.3 is 102 Å². The Kier molecular flexibility index (Phi) is 19.9. The van der Waals surface area contributed by atoms with Crippen LogP contribution in [-0.2, 0) is 91.7 Å². The average Bonchev–Trinajstić information content (AvgIpc) is 1.64. The van der Waals surface area contributed by atoms with Crippen molar-refractivity contribution in [1.82, 2.24) is 97.6 Å². The lowest BCUT2D eigenvalue weighted by atomic mass is 10.1. The number of aliphatic hydroxyl groups excluding tert-OH is 5. The van der Waals surface area contributed by atoms with E-state index in [2.05, 4.69) is 74.8 Å². The number of nitrogen functional groups attached to an aromatic ring is 5. The zero-order valence-corrected chi connectivity index (χ0v) is 59.5. The van der Waals surface area contributed by atoms with Crippen LogP contribution in [0.15, 0.2) is 63.3 Å². The van der Waals surface area contributed by atoms with E-state index in [-0.39, 0.29) is 84.9 Å². The maximum absolute atomic E-state index is 14.5. The molecule has 0 saturated carbocycles. The molecule has 25 atom stereocenters. The molecule has 0 radical (unpaired) electrons. The molecule has 6 saturated heterocycles. The van der Waals surface area contributed by atoms with Gasteiger partial charge in [-0.05, 0) is 0 Å². The van der Waals surface area contributed by atoms with Crippen molar-refractivity contribution < 1.29 is 142 Å². The standard InChI is InChI=1S/C50H60N25O30P5/c51-36-21-41(61-6-56-36)71(11-66-21)46-26(76)31-16(96-46)1-91-106(81,82)102-32-17(97-47(27(32)77)72-12-67-22-37(52)57-7-62-42(22)72)2-93-108(85,86)104-34-19(99-49(29(34)79)74-14-69-24-39(54)59-9-64-44(24)74)4-95-110(89,90)105-35-20(100-50(30(35)80)75-15-70-25-40(55)60-10-65-45(25)75)5-94-109(87,88)103-33-18(3-92-107(83,84)101-31)98-48(28(33)78)73-13-68-23-38(53)58-8-63-43(23)73/h6-20,26-35,46-50,76-80H,1-5H2,(H,81,82)(H,83,84)(H,85,86)(H,87,88)(H,89,90)(H2,51,56,61)(H2,52,57,62)(H2,53,58,63)(H2,54,59,64)(H2,55,60,65)/t16-,17-,18-,19-,20-,26-,27-,28-,29-,30-,31-,32-,33-,34-,35-,46-,47-,48-,49-,50-/m1/s1. The molecular weight excluding hydrogens is 1590 g/mol. The summed E-state index contributed by atoms with van der Waals surface area (Å²) in [5.74, 6) is -0.813. The third-order valence-electron chi connectivity index (χ3n) is 18.1. The van der Waals surface area contributed by atoms with Crippen molar-refractivity contribution in [2.45, 2.75) is 123 Å². The summed E-state index contributed by atoms with van der Waals surface area (Å²) in [5, 5.41) is 60.6. The fourth-order valence-electron chi connectivity index (χ4n) is 13.1. The van der Waals surface area contributed by atoms with Gasteiger partial charge in [0.25, 0.3) is 0 Å². The van der Waals surface area contributed by atoms with Gasteiger partial charge in [0.1, 0.15) is 151 Å². The fourth-order valence-corrected chi connectivity index (χ4v) is 17.9. The number of aliphatic hydroxyl groups is 5. The Balaban J connectivity index is 0.757. The van der Waals surface area contributed by atoms with Crippen LogP contribution in [0.4, 0.5) is 29.1 Å². The molecule has 16 heterocycles. The monoisotopic (exact) mass is 1650 g/mol. The molecule has 16 rings (SSSR count). The van der Waals surface area contributed by atoms with Crippen LogP contribution in [-0.4, -0.2) is 272 Å². The Hall–Kier alpha value is -8.10. The number of hydrogen-bond acceptors (Lipinski definition) is 45. The number of phosphoric acid groups is 5. The first-order chi connectivity index (χ1) is 52.3. The maximum atomic E-state index is 14.5. The van der Waals surface area contributed by atoms with Crippen LogP contribution in [0.2, 0.25) is 0 Å². The van der Waals surface area contributed by atoms with Gasteiger partial charge in [0.2, 0.25) is 0 Å². The second-order valence-electron chi connectivity index (χ2n) is 24.9. The lowest BCUT2D eigenvalue weighted by Crippen LogP contribution is -2.39. The zero-order chi connectivity index (χ0) is 77.4. The predicted octanol–water partition coefficient (Wildman–Crippen LogP) is -4.09. The number of hydrogen-bond donors (Lipinski definition) is 15. The number of ether oxygens (including phenoxy) is 5. The first-order valence-corrected chi connectivity index (χ1v) is 39.4. The molecule has 0 aliphatic carbocycles. The summed E-state index contributed by atoms with van der Waals surface area (Å²) < 4.78 is 163. The maximum Gasteiger partial charge on any atom is 0.472 e. The van der Waals surface area contributed by atoms with E-state index in [0.29, 0.717) is 0 Å². The summed E-state index contributed by atoms with van der Waals surface area (Å²) in [6.07, 6.45) is -30.7. The lowest BCUT2D eigenvalue weighted by Gasteiger charge is -2.27. The van der Waals surface area contributed by atoms with Crippen molar-refractivity contribution in [2.75, 3.05) is 61.7 Å². The number of nitrogens with two attached hydrogens (primary N) is 5. The predicted molar refractivity (Wildman–Crippen MR) is 352 cm³/mol. The summed E-state index contributed by atoms with van der Waals surface area (Å²) in [5.41, 5.74) is 29.5. The van der Waals surface area contributed by atoms with Gasteiger partial charge in [-0.1, -0.05) is 0 Å². The SMILES string of the molecule is Nc1ncnc2c1ncn2[C@@H]1O[C@@H]2COP(=O)(O)O[C@H]3[C@@H](O)[C@H](n4cnc5c(N)ncnc54)O[C@@H]3COP(=O)(O)O[C@H]3[C@@H](O)[C@H](n4cnc5c(N)ncnc54)O[C@@H]3COP(=O)(O)O[C@H]3[C@@H](O)[C@H](n4cnc5c(N)ncnc54)O[C@@H]3COP(=O)(O)O[C@H]3[C@@H](O)[C@H](n4cnc5c(N)ncnc54)O[C@@H]3COP(=O)(O)O[C@H]2[C@H]1O. The number of anilines is 5. The third kappa shape index (κ3) is 14.2. The minimum absolute atomic E-state index is 0.0461. The molecule has 6 aliphatic heterocycles. The second kappa shape index (κ2) is 28.8. The number of phosphoric ester groups is 5. The fraction of sp³-hybridized carbons (Fsp3) is 0.500. The molecule has 20 N–H and O–H groups in total. The number of aromatic nitrogens is 20. The molecule has 0 aromatic carbocycles. The highest BCUT2D eigenvalue weighted by atomic mass is 31.2. The molecule has 110 heavy (non-hydrogen) atoms. The quantitative estimate of drug-likeness (QED) is 0.0729. The Morgan fingerprint density at radius 1 is 0.282 bits per heavy atom. The van der Waals surface area contributed by atoms with Crippen LogP contribution in [0.5, 0.6) is 0 Å². The number of nitrogens with zero attached hydrogens (tertiary/aromatic N) is 20. The van der Waals surface area contributed by atoms with Crippen LogP contribution < -0.4 is 28.7 Å². The Morgan fingerprint density at radius 3 is 0.609 bits per heavy atom. The second-order valence-corrected chi connectivity index (χ2v) is 31.9. The van der Waals surface area contributed by atoms with Gasteiger partial charge in [-0.25, -0.2) is 97.6 Å². The van der Waals surface area contributed by atoms with Gasteiger partial charge in [-0.15, -0.1) is 0 Å². The molecule has 0 bridgehead atoms. The van der Waals surface area contributed by atoms with E-state index in [4.69, 9.17) is 97.6 Å².